The molecule has 0 aromatic rings. The van der Waals surface area contributed by atoms with Crippen molar-refractivity contribution in [2.75, 3.05) is 13.1 Å². The van der Waals surface area contributed by atoms with E-state index in [-0.39, 0.29) is 17.7 Å². The molecular formula is C14H27N3O2. The molecule has 0 radical (unpaired) electrons. The molecule has 1 aliphatic rings. The zero-order chi connectivity index (χ0) is 14.3. The van der Waals surface area contributed by atoms with Crippen LogP contribution in [0.1, 0.15) is 46.0 Å². The molecule has 1 saturated carbocycles. The van der Waals surface area contributed by atoms with Crippen LogP contribution in [0.3, 0.4) is 0 Å². The maximum absolute atomic E-state index is 11.7. The third-order valence-corrected chi connectivity index (χ3v) is 3.23. The number of carbonyl (C=O) groups excluding carboxylic acids is 2. The van der Waals surface area contributed by atoms with Gasteiger partial charge in [-0.15, -0.1) is 0 Å². The van der Waals surface area contributed by atoms with Gasteiger partial charge >= 0.3 is 0 Å². The fourth-order valence-corrected chi connectivity index (χ4v) is 2.11. The van der Waals surface area contributed by atoms with Gasteiger partial charge in [0.2, 0.25) is 11.8 Å². The third-order valence-electron chi connectivity index (χ3n) is 3.23. The highest BCUT2D eigenvalue weighted by molar-refractivity contribution is 5.79. The van der Waals surface area contributed by atoms with Crippen LogP contribution in [0.15, 0.2) is 0 Å². The van der Waals surface area contributed by atoms with Crippen molar-refractivity contribution in [2.24, 2.45) is 17.6 Å². The van der Waals surface area contributed by atoms with Crippen molar-refractivity contribution in [3.8, 4) is 0 Å². The molecule has 1 atom stereocenters. The summed E-state index contributed by atoms with van der Waals surface area (Å²) in [5.41, 5.74) is 5.66. The molecule has 5 heteroatoms. The van der Waals surface area contributed by atoms with Gasteiger partial charge in [-0.2, -0.15) is 0 Å². The zero-order valence-corrected chi connectivity index (χ0v) is 12.1. The molecule has 0 heterocycles. The van der Waals surface area contributed by atoms with Gasteiger partial charge in [0.05, 0.1) is 0 Å². The smallest absolute Gasteiger partial charge is 0.221 e. The minimum Gasteiger partial charge on any atom is -0.356 e. The molecule has 0 aromatic carbocycles. The van der Waals surface area contributed by atoms with Crippen molar-refractivity contribution >= 4 is 11.8 Å². The van der Waals surface area contributed by atoms with Gasteiger partial charge in [-0.3, -0.25) is 9.59 Å². The Morgan fingerprint density at radius 1 is 1.26 bits per heavy atom. The van der Waals surface area contributed by atoms with Gasteiger partial charge < -0.3 is 16.4 Å². The molecule has 1 unspecified atom stereocenters. The number of nitrogens with two attached hydrogens (primary N) is 1. The lowest BCUT2D eigenvalue weighted by atomic mass is 9.94. The summed E-state index contributed by atoms with van der Waals surface area (Å²) in [5.74, 6) is 0.807. The lowest BCUT2D eigenvalue weighted by molar-refractivity contribution is -0.122. The van der Waals surface area contributed by atoms with E-state index in [0.717, 1.165) is 19.3 Å². The average molecular weight is 269 g/mol. The first-order valence-electron chi connectivity index (χ1n) is 7.27. The van der Waals surface area contributed by atoms with Gasteiger partial charge in [0.15, 0.2) is 0 Å². The quantitative estimate of drug-likeness (QED) is 0.578. The first-order chi connectivity index (χ1) is 9.01. The van der Waals surface area contributed by atoms with E-state index >= 15 is 0 Å². The Hall–Kier alpha value is -1.10. The van der Waals surface area contributed by atoms with Crippen LogP contribution in [0.2, 0.25) is 0 Å². The summed E-state index contributed by atoms with van der Waals surface area (Å²) in [6.45, 7) is 5.20. The molecule has 1 aliphatic carbocycles. The molecule has 19 heavy (non-hydrogen) atoms. The Morgan fingerprint density at radius 2 is 1.95 bits per heavy atom. The number of amides is 2. The maximum Gasteiger partial charge on any atom is 0.221 e. The summed E-state index contributed by atoms with van der Waals surface area (Å²) in [7, 11) is 0. The molecule has 1 fully saturated rings. The van der Waals surface area contributed by atoms with Crippen LogP contribution in [0, 0.1) is 11.8 Å². The van der Waals surface area contributed by atoms with Crippen molar-refractivity contribution in [2.45, 2.75) is 52.0 Å². The second kappa shape index (κ2) is 8.15. The summed E-state index contributed by atoms with van der Waals surface area (Å²) >= 11 is 0. The molecular weight excluding hydrogens is 242 g/mol. The Bertz CT molecular complexity index is 301. The molecule has 0 saturated heterocycles. The summed E-state index contributed by atoms with van der Waals surface area (Å²) < 4.78 is 0. The van der Waals surface area contributed by atoms with Gasteiger partial charge in [-0.05, 0) is 37.6 Å². The third kappa shape index (κ3) is 7.82. The van der Waals surface area contributed by atoms with Crippen LogP contribution in [0.5, 0.6) is 0 Å². The normalized spacial score (nSPS) is 16.2. The minimum absolute atomic E-state index is 0.00433. The number of hydrogen-bond acceptors (Lipinski definition) is 3. The minimum atomic E-state index is -0.00433. The van der Waals surface area contributed by atoms with E-state index < -0.39 is 0 Å². The van der Waals surface area contributed by atoms with E-state index in [2.05, 4.69) is 24.5 Å². The topological polar surface area (TPSA) is 84.2 Å². The average Bonchev–Trinajstić information content (AvgIpc) is 3.11. The highest BCUT2D eigenvalue weighted by Gasteiger charge is 2.22. The number of carbonyl (C=O) groups is 2. The summed E-state index contributed by atoms with van der Waals surface area (Å²) in [4.78, 5) is 23.1. The predicted molar refractivity (Wildman–Crippen MR) is 75.4 cm³/mol. The molecule has 4 N–H and O–H groups in total. The standard InChI is InChI=1S/C14H27N3O2/c1-10(2)7-11(9-15)8-14(19)16-6-5-13(18)17-12-3-4-12/h10-12H,3-9,15H2,1-2H3,(H,16,19)(H,17,18). The molecule has 2 amide bonds. The summed E-state index contributed by atoms with van der Waals surface area (Å²) in [5, 5.41) is 5.69. The Labute approximate surface area is 115 Å². The van der Waals surface area contributed by atoms with E-state index in [1.807, 2.05) is 0 Å². The van der Waals surface area contributed by atoms with E-state index in [9.17, 15) is 9.59 Å². The number of rotatable bonds is 9. The van der Waals surface area contributed by atoms with Gasteiger partial charge in [-0.1, -0.05) is 13.8 Å². The van der Waals surface area contributed by atoms with Crippen molar-refractivity contribution in [3.63, 3.8) is 0 Å². The van der Waals surface area contributed by atoms with Gasteiger partial charge in [-0.25, -0.2) is 0 Å². The van der Waals surface area contributed by atoms with E-state index in [1.165, 1.54) is 0 Å². The molecule has 1 rings (SSSR count). The van der Waals surface area contributed by atoms with Crippen LogP contribution >= 0.6 is 0 Å². The number of hydrogen-bond donors (Lipinski definition) is 3. The molecule has 0 spiro atoms. The Morgan fingerprint density at radius 3 is 2.47 bits per heavy atom. The lowest BCUT2D eigenvalue weighted by Crippen LogP contribution is -2.33. The van der Waals surface area contributed by atoms with Crippen molar-refractivity contribution in [3.05, 3.63) is 0 Å². The Balaban J connectivity index is 2.09. The fourth-order valence-electron chi connectivity index (χ4n) is 2.11. The zero-order valence-electron chi connectivity index (χ0n) is 12.1. The lowest BCUT2D eigenvalue weighted by Gasteiger charge is -2.16. The second-order valence-corrected chi connectivity index (χ2v) is 5.88. The van der Waals surface area contributed by atoms with Crippen LogP contribution in [-0.4, -0.2) is 30.9 Å². The summed E-state index contributed by atoms with van der Waals surface area (Å²) in [6.07, 6.45) is 3.96. The second-order valence-electron chi connectivity index (χ2n) is 5.88. The highest BCUT2D eigenvalue weighted by Crippen LogP contribution is 2.18. The SMILES string of the molecule is CC(C)CC(CN)CC(=O)NCCC(=O)NC1CC1. The van der Waals surface area contributed by atoms with Crippen LogP contribution in [0.25, 0.3) is 0 Å². The summed E-state index contributed by atoms with van der Waals surface area (Å²) in [6, 6.07) is 0.385. The monoisotopic (exact) mass is 269 g/mol. The fraction of sp³-hybridized carbons (Fsp3) is 0.857. The van der Waals surface area contributed by atoms with Crippen molar-refractivity contribution in [1.29, 1.82) is 0 Å². The van der Waals surface area contributed by atoms with Gasteiger partial charge in [0.25, 0.3) is 0 Å². The maximum atomic E-state index is 11.7. The Kier molecular flexibility index (Phi) is 6.84. The van der Waals surface area contributed by atoms with Gasteiger partial charge in [0, 0.05) is 25.4 Å². The molecule has 110 valence electrons. The molecule has 0 aromatic heterocycles. The van der Waals surface area contributed by atoms with E-state index in [4.69, 9.17) is 5.73 Å². The molecule has 5 nitrogen and oxygen atoms in total. The van der Waals surface area contributed by atoms with Crippen LogP contribution in [0.4, 0.5) is 0 Å². The first-order valence-corrected chi connectivity index (χ1v) is 7.27. The number of nitrogens with one attached hydrogen (secondary N) is 2. The first kappa shape index (κ1) is 16.0. The van der Waals surface area contributed by atoms with Crippen molar-refractivity contribution < 1.29 is 9.59 Å². The predicted octanol–water partition coefficient (Wildman–Crippen LogP) is 0.782. The van der Waals surface area contributed by atoms with Crippen molar-refractivity contribution in [1.82, 2.24) is 10.6 Å². The largest absolute Gasteiger partial charge is 0.356 e. The van der Waals surface area contributed by atoms with Crippen LogP contribution < -0.4 is 16.4 Å². The van der Waals surface area contributed by atoms with Crippen LogP contribution in [-0.2, 0) is 9.59 Å². The van der Waals surface area contributed by atoms with Gasteiger partial charge in [0.1, 0.15) is 0 Å². The molecule has 0 bridgehead atoms. The van der Waals surface area contributed by atoms with E-state index in [1.54, 1.807) is 0 Å². The highest BCUT2D eigenvalue weighted by atomic mass is 16.2. The van der Waals surface area contributed by atoms with E-state index in [0.29, 0.717) is 37.9 Å². The molecule has 0 aliphatic heterocycles.